The molecule has 0 heterocycles. The molecule has 0 aliphatic heterocycles. The van der Waals surface area contributed by atoms with Crippen LogP contribution in [-0.2, 0) is 40.8 Å². The Hall–Kier alpha value is 1.68. The van der Waals surface area contributed by atoms with Gasteiger partial charge in [0.2, 0.25) is 0 Å². The van der Waals surface area contributed by atoms with Crippen molar-refractivity contribution in [3.63, 3.8) is 0 Å². The van der Waals surface area contributed by atoms with E-state index in [-0.39, 0.29) is 79.0 Å². The fraction of sp³-hybridized carbons (Fsp3) is 1.00. The monoisotopic (exact) mass is 1110 g/mol. The average molecular weight is 1110 g/mol. The van der Waals surface area contributed by atoms with Crippen molar-refractivity contribution in [3.8, 4) is 0 Å². The Morgan fingerprint density at radius 2 is 0.562 bits per heavy atom. The van der Waals surface area contributed by atoms with Crippen LogP contribution in [0.25, 0.3) is 0 Å². The van der Waals surface area contributed by atoms with Crippen LogP contribution in [0.5, 0.6) is 0 Å². The predicted molar refractivity (Wildman–Crippen MR) is 259 cm³/mol. The summed E-state index contributed by atoms with van der Waals surface area (Å²) in [6, 6.07) is 0. The van der Waals surface area contributed by atoms with Crippen molar-refractivity contribution in [2.24, 2.45) is 17.8 Å². The maximum atomic E-state index is 11.8. The molecule has 12 nitrogen and oxygen atoms in total. The van der Waals surface area contributed by atoms with Crippen LogP contribution in [0, 0.1) is 58.6 Å². The van der Waals surface area contributed by atoms with Crippen LogP contribution < -0.4 is 14.7 Å². The van der Waals surface area contributed by atoms with Gasteiger partial charge in [-0.05, 0) is 77.0 Å². The van der Waals surface area contributed by atoms with Gasteiger partial charge in [0.1, 0.15) is 0 Å². The Morgan fingerprint density at radius 1 is 0.344 bits per heavy atom. The van der Waals surface area contributed by atoms with Crippen molar-refractivity contribution in [3.05, 3.63) is 0 Å². The normalized spacial score (nSPS) is 17.1. The molecule has 0 aromatic carbocycles. The minimum absolute atomic E-state index is 0. The summed E-state index contributed by atoms with van der Waals surface area (Å²) in [5.41, 5.74) is 0. The number of phosphoric acid groups is 3. The molecule has 64 heavy (non-hydrogen) atoms. The molecular weight excluding hydrogens is 1010 g/mol. The Morgan fingerprint density at radius 3 is 0.750 bits per heavy atom. The van der Waals surface area contributed by atoms with E-state index in [1.54, 1.807) is 20.8 Å². The number of unbranched alkanes of at least 4 members (excludes halogenated alkanes) is 12. The molecule has 0 N–H and O–H groups in total. The summed E-state index contributed by atoms with van der Waals surface area (Å²) in [5.74, 6) is 0.905. The molecule has 0 aliphatic rings. The van der Waals surface area contributed by atoms with E-state index in [4.69, 9.17) is 27.1 Å². The fourth-order valence-electron chi connectivity index (χ4n) is 6.77. The van der Waals surface area contributed by atoms with E-state index in [9.17, 15) is 28.4 Å². The molecule has 0 saturated carbocycles. The van der Waals surface area contributed by atoms with Gasteiger partial charge in [-0.1, -0.05) is 197 Å². The molecule has 9 unspecified atom stereocenters. The van der Waals surface area contributed by atoms with Gasteiger partial charge in [-0.3, -0.25) is 13.7 Å². The second kappa shape index (κ2) is 48.3. The number of hydrogen-bond donors (Lipinski definition) is 0. The minimum Gasteiger partial charge on any atom is -0.756 e. The van der Waals surface area contributed by atoms with Crippen LogP contribution in [0.3, 0.4) is 0 Å². The van der Waals surface area contributed by atoms with Gasteiger partial charge in [-0.15, -0.1) is 0 Å². The topological polar surface area (TPSA) is 176 Å². The minimum atomic E-state index is -4.15. The summed E-state index contributed by atoms with van der Waals surface area (Å²) in [6.45, 7) is 25.2. The van der Waals surface area contributed by atoms with Crippen LogP contribution in [0.15, 0.2) is 0 Å². The first kappa shape index (κ1) is 72.2. The Labute approximate surface area is 429 Å². The molecule has 0 rings (SSSR count). The number of phosphoric ester groups is 3. The molecule has 0 aromatic heterocycles. The van der Waals surface area contributed by atoms with Gasteiger partial charge in [-0.2, -0.15) is 0 Å². The van der Waals surface area contributed by atoms with Gasteiger partial charge >= 0.3 is 40.8 Å². The van der Waals surface area contributed by atoms with Crippen molar-refractivity contribution in [1.82, 2.24) is 0 Å². The molecule has 0 bridgehead atoms. The van der Waals surface area contributed by atoms with Crippen molar-refractivity contribution in [2.75, 3.05) is 19.8 Å². The second-order valence-electron chi connectivity index (χ2n) is 17.8. The molecule has 0 saturated heterocycles. The fourth-order valence-corrected chi connectivity index (χ4v) is 9.77. The van der Waals surface area contributed by atoms with Crippen LogP contribution in [0.1, 0.15) is 256 Å². The molecule has 0 fully saturated rings. The van der Waals surface area contributed by atoms with Gasteiger partial charge in [0.15, 0.2) is 0 Å². The summed E-state index contributed by atoms with van der Waals surface area (Å²) in [4.78, 5) is 35.4. The van der Waals surface area contributed by atoms with Crippen LogP contribution in [0.2, 0.25) is 0 Å². The Balaban J connectivity index is -0.000000419. The first-order chi connectivity index (χ1) is 29.8. The molecule has 0 amide bonds. The smallest absolute Gasteiger partial charge is 0.756 e. The summed E-state index contributed by atoms with van der Waals surface area (Å²) in [5, 5.41) is 0. The quantitative estimate of drug-likeness (QED) is 0.0418. The van der Waals surface area contributed by atoms with E-state index in [2.05, 4.69) is 62.3 Å². The van der Waals surface area contributed by atoms with E-state index in [0.29, 0.717) is 17.8 Å². The molecule has 0 aromatic rings. The molecular formula is C48H102NdO12P3. The zero-order valence-corrected chi connectivity index (χ0v) is 49.3. The summed E-state index contributed by atoms with van der Waals surface area (Å²) >= 11 is 0. The average Bonchev–Trinajstić information content (AvgIpc) is 3.23. The Kier molecular flexibility index (Phi) is 54.5. The van der Waals surface area contributed by atoms with Crippen LogP contribution >= 0.6 is 23.5 Å². The third-order valence-corrected chi connectivity index (χ3v) is 14.6. The van der Waals surface area contributed by atoms with E-state index in [1.165, 1.54) is 38.5 Å². The van der Waals surface area contributed by atoms with Crippen molar-refractivity contribution in [1.29, 1.82) is 0 Å². The largest absolute Gasteiger partial charge is 3.00 e. The molecule has 385 valence electrons. The van der Waals surface area contributed by atoms with Gasteiger partial charge in [-0.25, -0.2) is 0 Å². The van der Waals surface area contributed by atoms with Crippen molar-refractivity contribution >= 4 is 23.5 Å². The molecule has 0 aliphatic carbocycles. The third kappa shape index (κ3) is 50.1. The van der Waals surface area contributed by atoms with Crippen molar-refractivity contribution in [2.45, 2.75) is 275 Å². The van der Waals surface area contributed by atoms with Gasteiger partial charge in [0, 0.05) is 0 Å². The number of hydrogen-bond acceptors (Lipinski definition) is 12. The first-order valence-electron chi connectivity index (χ1n) is 25.8. The van der Waals surface area contributed by atoms with E-state index >= 15 is 0 Å². The van der Waals surface area contributed by atoms with Crippen molar-refractivity contribution < 1.29 is 96.4 Å². The van der Waals surface area contributed by atoms with Gasteiger partial charge in [0.25, 0.3) is 23.5 Å². The van der Waals surface area contributed by atoms with Crippen LogP contribution in [-0.4, -0.2) is 38.1 Å². The van der Waals surface area contributed by atoms with E-state index in [1.807, 2.05) is 0 Å². The molecule has 0 spiro atoms. The van der Waals surface area contributed by atoms with Crippen LogP contribution in [0.4, 0.5) is 0 Å². The molecule has 1 radical (unpaired) electrons. The molecule has 16 heteroatoms. The van der Waals surface area contributed by atoms with E-state index in [0.717, 1.165) is 135 Å². The zero-order chi connectivity index (χ0) is 48.4. The summed E-state index contributed by atoms with van der Waals surface area (Å²) in [6.07, 6.45) is 27.5. The Bertz CT molecular complexity index is 991. The number of rotatable bonds is 42. The first-order valence-corrected chi connectivity index (χ1v) is 30.1. The zero-order valence-electron chi connectivity index (χ0n) is 43.4. The van der Waals surface area contributed by atoms with Gasteiger partial charge < -0.3 is 41.8 Å². The summed E-state index contributed by atoms with van der Waals surface area (Å²) < 4.78 is 65.9. The third-order valence-electron chi connectivity index (χ3n) is 11.4. The maximum Gasteiger partial charge on any atom is 3.00 e. The molecule has 9 atom stereocenters. The predicted octanol–water partition coefficient (Wildman–Crippen LogP) is 15.2. The second-order valence-corrected chi connectivity index (χ2v) is 21.9. The maximum absolute atomic E-state index is 11.8. The van der Waals surface area contributed by atoms with E-state index < -0.39 is 23.5 Å². The standard InChI is InChI=1S/3C16H35O4P.Nd/c3*1-5-8-10-11-12-15(4)20-21(17,18)19-14-16(7-3)13-9-6-2;/h3*15-16H,5-14H2,1-4H3,(H,17,18);/q;;;+3/p-3. The van der Waals surface area contributed by atoms with Gasteiger partial charge in [0.05, 0.1) is 38.1 Å². The SMILES string of the molecule is CCCCCCC(C)OP(=O)([O-])OCC(CC)CCCC.CCCCCCC(C)OP(=O)([O-])OCC(CC)CCCC.CCCCCCC(C)OP(=O)([O-])OCC(CC)CCCC.[Nd+3]. The summed E-state index contributed by atoms with van der Waals surface area (Å²) in [7, 11) is -12.5.